The van der Waals surface area contributed by atoms with E-state index in [-0.39, 0.29) is 0 Å². The molecule has 1 heterocycles. The van der Waals surface area contributed by atoms with Crippen LogP contribution in [0.2, 0.25) is 0 Å². The molecule has 6 N–H and O–H groups in total. The minimum atomic E-state index is -1.38. The molecule has 1 aliphatic heterocycles. The van der Waals surface area contributed by atoms with Crippen molar-refractivity contribution in [3.63, 3.8) is 0 Å². The Balaban J connectivity index is 2.43. The normalized spacial score (nSPS) is 28.4. The third-order valence-corrected chi connectivity index (χ3v) is 3.48. The number of methoxy groups -OCH3 is 2. The van der Waals surface area contributed by atoms with Gasteiger partial charge in [0.1, 0.15) is 0 Å². The summed E-state index contributed by atoms with van der Waals surface area (Å²) in [5.41, 5.74) is 14.2. The first-order valence-electron chi connectivity index (χ1n) is 7.12. The van der Waals surface area contributed by atoms with Gasteiger partial charge in [-0.05, 0) is 12.5 Å². The van der Waals surface area contributed by atoms with Crippen LogP contribution in [0.3, 0.4) is 0 Å². The molecule has 0 radical (unpaired) electrons. The third kappa shape index (κ3) is 3.40. The number of ether oxygens (including phenoxy) is 3. The van der Waals surface area contributed by atoms with Crippen molar-refractivity contribution < 1.29 is 14.2 Å². The van der Waals surface area contributed by atoms with Crippen molar-refractivity contribution >= 4 is 0 Å². The molecule has 0 spiro atoms. The summed E-state index contributed by atoms with van der Waals surface area (Å²) in [6.45, 7) is 2.33. The summed E-state index contributed by atoms with van der Waals surface area (Å²) in [6.07, 6.45) is 0.558. The smallest absolute Gasteiger partial charge is 0.258 e. The molecule has 0 amide bonds. The zero-order chi connectivity index (χ0) is 16.2. The first-order valence-corrected chi connectivity index (χ1v) is 7.12. The molecule has 2 atom stereocenters. The van der Waals surface area contributed by atoms with Gasteiger partial charge in [-0.15, -0.1) is 0 Å². The second kappa shape index (κ2) is 6.64. The van der Waals surface area contributed by atoms with Crippen LogP contribution < -0.4 is 22.1 Å². The molecule has 1 aliphatic rings. The lowest BCUT2D eigenvalue weighted by Crippen LogP contribution is -2.78. The zero-order valence-corrected chi connectivity index (χ0v) is 13.2. The molecule has 1 aromatic rings. The summed E-state index contributed by atoms with van der Waals surface area (Å²) in [5.74, 6) is -2.27. The molecule has 0 saturated carbocycles. The van der Waals surface area contributed by atoms with Crippen molar-refractivity contribution in [1.29, 1.82) is 0 Å². The van der Waals surface area contributed by atoms with E-state index in [1.54, 1.807) is 0 Å². The Morgan fingerprint density at radius 3 is 2.32 bits per heavy atom. The fraction of sp³-hybridized carbons (Fsp3) is 0.467. The SMILES string of the molecule is CCOC1=C(Cc2ccccc2)NC(N)(OC)NC1(N)OC. The summed E-state index contributed by atoms with van der Waals surface area (Å²) >= 11 is 0. The molecule has 0 bridgehead atoms. The van der Waals surface area contributed by atoms with E-state index in [1.165, 1.54) is 14.2 Å². The van der Waals surface area contributed by atoms with Crippen LogP contribution in [0.25, 0.3) is 0 Å². The van der Waals surface area contributed by atoms with Crippen molar-refractivity contribution in [2.24, 2.45) is 11.5 Å². The highest BCUT2D eigenvalue weighted by Gasteiger charge is 2.47. The molecule has 22 heavy (non-hydrogen) atoms. The molecule has 2 rings (SSSR count). The molecule has 2 unspecified atom stereocenters. The molecule has 0 aliphatic carbocycles. The molecule has 1 aromatic carbocycles. The Bertz CT molecular complexity index is 537. The van der Waals surface area contributed by atoms with Gasteiger partial charge in [-0.25, -0.2) is 5.32 Å². The fourth-order valence-corrected chi connectivity index (χ4v) is 2.38. The van der Waals surface area contributed by atoms with Crippen molar-refractivity contribution in [3.8, 4) is 0 Å². The van der Waals surface area contributed by atoms with Crippen molar-refractivity contribution in [2.45, 2.75) is 25.2 Å². The Morgan fingerprint density at radius 2 is 1.77 bits per heavy atom. The summed E-state index contributed by atoms with van der Waals surface area (Å²) in [4.78, 5) is 0. The van der Waals surface area contributed by atoms with Gasteiger partial charge in [0.15, 0.2) is 5.76 Å². The van der Waals surface area contributed by atoms with Gasteiger partial charge in [0.05, 0.1) is 12.3 Å². The molecular weight excluding hydrogens is 284 g/mol. The number of nitrogens with two attached hydrogens (primary N) is 2. The zero-order valence-electron chi connectivity index (χ0n) is 13.2. The maximum atomic E-state index is 6.27. The van der Waals surface area contributed by atoms with E-state index in [4.69, 9.17) is 25.7 Å². The van der Waals surface area contributed by atoms with Gasteiger partial charge in [-0.2, -0.15) is 0 Å². The van der Waals surface area contributed by atoms with Crippen LogP contribution in [-0.2, 0) is 20.6 Å². The van der Waals surface area contributed by atoms with E-state index >= 15 is 0 Å². The van der Waals surface area contributed by atoms with E-state index in [0.717, 1.165) is 5.56 Å². The number of benzene rings is 1. The predicted molar refractivity (Wildman–Crippen MR) is 82.9 cm³/mol. The Labute approximate surface area is 130 Å². The van der Waals surface area contributed by atoms with Crippen LogP contribution >= 0.6 is 0 Å². The van der Waals surface area contributed by atoms with Crippen LogP contribution in [0.1, 0.15) is 12.5 Å². The summed E-state index contributed by atoms with van der Waals surface area (Å²) in [7, 11) is 2.95. The van der Waals surface area contributed by atoms with E-state index in [1.807, 2.05) is 37.3 Å². The Hall–Kier alpha value is -1.64. The van der Waals surface area contributed by atoms with E-state index in [9.17, 15) is 0 Å². The highest BCUT2D eigenvalue weighted by molar-refractivity contribution is 5.28. The van der Waals surface area contributed by atoms with Gasteiger partial charge in [0.2, 0.25) is 5.85 Å². The van der Waals surface area contributed by atoms with Gasteiger partial charge in [-0.1, -0.05) is 30.3 Å². The van der Waals surface area contributed by atoms with Crippen molar-refractivity contribution in [1.82, 2.24) is 10.6 Å². The Morgan fingerprint density at radius 1 is 1.09 bits per heavy atom. The molecule has 0 fully saturated rings. The summed E-state index contributed by atoms with van der Waals surface area (Å²) in [6, 6.07) is 9.92. The summed E-state index contributed by atoms with van der Waals surface area (Å²) in [5, 5.41) is 5.96. The predicted octanol–water partition coefficient (Wildman–Crippen LogP) is 0.145. The molecule has 7 heteroatoms. The van der Waals surface area contributed by atoms with Crippen LogP contribution in [0.15, 0.2) is 41.8 Å². The van der Waals surface area contributed by atoms with Gasteiger partial charge in [0, 0.05) is 20.6 Å². The maximum Gasteiger partial charge on any atom is 0.258 e. The number of nitrogens with one attached hydrogen (secondary N) is 2. The van der Waals surface area contributed by atoms with Gasteiger partial charge in [-0.3, -0.25) is 11.5 Å². The van der Waals surface area contributed by atoms with Gasteiger partial charge < -0.3 is 19.5 Å². The van der Waals surface area contributed by atoms with Crippen LogP contribution in [0.5, 0.6) is 0 Å². The molecule has 0 aromatic heterocycles. The molecule has 122 valence electrons. The third-order valence-electron chi connectivity index (χ3n) is 3.48. The molecule has 0 saturated heterocycles. The number of rotatable bonds is 6. The van der Waals surface area contributed by atoms with Gasteiger partial charge >= 0.3 is 0 Å². The summed E-state index contributed by atoms with van der Waals surface area (Å²) < 4.78 is 16.4. The lowest BCUT2D eigenvalue weighted by molar-refractivity contribution is -0.159. The van der Waals surface area contributed by atoms with Crippen molar-refractivity contribution in [2.75, 3.05) is 20.8 Å². The number of hydrogen-bond acceptors (Lipinski definition) is 7. The van der Waals surface area contributed by atoms with Crippen LogP contribution in [-0.4, -0.2) is 32.6 Å². The van der Waals surface area contributed by atoms with Crippen LogP contribution in [0, 0.1) is 0 Å². The highest BCUT2D eigenvalue weighted by atomic mass is 16.6. The Kier molecular flexibility index (Phi) is 5.05. The number of hydrogen-bond donors (Lipinski definition) is 4. The largest absolute Gasteiger partial charge is 0.490 e. The van der Waals surface area contributed by atoms with E-state index < -0.39 is 11.8 Å². The average molecular weight is 308 g/mol. The van der Waals surface area contributed by atoms with Crippen LogP contribution in [0.4, 0.5) is 0 Å². The standard InChI is InChI=1S/C15H24N4O3/c1-4-22-13-12(10-11-8-6-5-7-9-11)18-15(17,21-3)19-14(13,16)20-2/h5-9,18-19H,4,10,16-17H2,1-3H3. The second-order valence-electron chi connectivity index (χ2n) is 5.03. The van der Waals surface area contributed by atoms with Crippen molar-refractivity contribution in [3.05, 3.63) is 47.4 Å². The first-order chi connectivity index (χ1) is 10.5. The van der Waals surface area contributed by atoms with E-state index in [0.29, 0.717) is 24.5 Å². The molecule has 7 nitrogen and oxygen atoms in total. The quantitative estimate of drug-likeness (QED) is 0.554. The average Bonchev–Trinajstić information content (AvgIpc) is 2.52. The van der Waals surface area contributed by atoms with E-state index in [2.05, 4.69) is 10.6 Å². The maximum absolute atomic E-state index is 6.27. The first kappa shape index (κ1) is 16.7. The highest BCUT2D eigenvalue weighted by Crippen LogP contribution is 2.26. The lowest BCUT2D eigenvalue weighted by atomic mass is 10.1. The fourth-order valence-electron chi connectivity index (χ4n) is 2.38. The van der Waals surface area contributed by atoms with Gasteiger partial charge in [0.25, 0.3) is 5.97 Å². The number of allylic oxidation sites excluding steroid dienone is 1. The second-order valence-corrected chi connectivity index (χ2v) is 5.03. The minimum Gasteiger partial charge on any atom is -0.490 e. The molecular formula is C15H24N4O3. The topological polar surface area (TPSA) is 104 Å². The monoisotopic (exact) mass is 308 g/mol. The lowest BCUT2D eigenvalue weighted by Gasteiger charge is -2.45. The minimum absolute atomic E-state index is 0.448.